The highest BCUT2D eigenvalue weighted by Crippen LogP contribution is 2.26. The Kier molecular flexibility index (Phi) is 3.74. The SMILES string of the molecule is Cc1cc(OC(C)C(=O)O)cc(C)c1Br. The molecule has 0 aromatic heterocycles. The van der Waals surface area contributed by atoms with Crippen molar-refractivity contribution in [3.8, 4) is 5.75 Å². The van der Waals surface area contributed by atoms with Crippen molar-refractivity contribution < 1.29 is 14.6 Å². The molecule has 3 nitrogen and oxygen atoms in total. The number of benzene rings is 1. The van der Waals surface area contributed by atoms with Crippen LogP contribution in [0.25, 0.3) is 0 Å². The summed E-state index contributed by atoms with van der Waals surface area (Å²) in [5.41, 5.74) is 2.06. The van der Waals surface area contributed by atoms with Crippen LogP contribution in [-0.4, -0.2) is 17.2 Å². The first kappa shape index (κ1) is 12.0. The fraction of sp³-hybridized carbons (Fsp3) is 0.364. The third-order valence-electron chi connectivity index (χ3n) is 2.07. The molecule has 0 saturated carbocycles. The molecule has 15 heavy (non-hydrogen) atoms. The van der Waals surface area contributed by atoms with Gasteiger partial charge in [0, 0.05) is 4.47 Å². The van der Waals surface area contributed by atoms with Gasteiger partial charge in [-0.1, -0.05) is 15.9 Å². The van der Waals surface area contributed by atoms with Gasteiger partial charge in [-0.05, 0) is 44.0 Å². The van der Waals surface area contributed by atoms with Crippen molar-refractivity contribution in [1.82, 2.24) is 0 Å². The quantitative estimate of drug-likeness (QED) is 0.921. The van der Waals surface area contributed by atoms with Crippen molar-refractivity contribution in [1.29, 1.82) is 0 Å². The van der Waals surface area contributed by atoms with Crippen LogP contribution < -0.4 is 4.74 Å². The van der Waals surface area contributed by atoms with Crippen molar-refractivity contribution in [3.05, 3.63) is 27.7 Å². The van der Waals surface area contributed by atoms with Gasteiger partial charge in [0.2, 0.25) is 0 Å². The number of rotatable bonds is 3. The van der Waals surface area contributed by atoms with Crippen LogP contribution in [0.1, 0.15) is 18.1 Å². The van der Waals surface area contributed by atoms with E-state index in [0.717, 1.165) is 15.6 Å². The highest BCUT2D eigenvalue weighted by atomic mass is 79.9. The molecule has 0 spiro atoms. The number of ether oxygens (including phenoxy) is 1. The maximum absolute atomic E-state index is 10.6. The van der Waals surface area contributed by atoms with E-state index in [-0.39, 0.29) is 0 Å². The second-order valence-electron chi connectivity index (χ2n) is 3.47. The Labute approximate surface area is 97.2 Å². The Morgan fingerprint density at radius 2 is 1.87 bits per heavy atom. The van der Waals surface area contributed by atoms with E-state index in [1.54, 1.807) is 0 Å². The molecular weight excluding hydrogens is 260 g/mol. The van der Waals surface area contributed by atoms with E-state index >= 15 is 0 Å². The average Bonchev–Trinajstić information content (AvgIpc) is 2.13. The molecule has 0 radical (unpaired) electrons. The lowest BCUT2D eigenvalue weighted by Gasteiger charge is -2.12. The number of halogens is 1. The molecule has 4 heteroatoms. The lowest BCUT2D eigenvalue weighted by Crippen LogP contribution is -2.22. The van der Waals surface area contributed by atoms with E-state index in [9.17, 15) is 4.79 Å². The number of carboxylic acids is 1. The van der Waals surface area contributed by atoms with E-state index in [2.05, 4.69) is 15.9 Å². The van der Waals surface area contributed by atoms with Crippen LogP contribution in [0.2, 0.25) is 0 Å². The Morgan fingerprint density at radius 1 is 1.40 bits per heavy atom. The Bertz CT molecular complexity index is 364. The summed E-state index contributed by atoms with van der Waals surface area (Å²) >= 11 is 3.44. The molecule has 0 aliphatic rings. The summed E-state index contributed by atoms with van der Waals surface area (Å²) < 4.78 is 6.30. The lowest BCUT2D eigenvalue weighted by molar-refractivity contribution is -0.144. The van der Waals surface area contributed by atoms with Crippen LogP contribution in [-0.2, 0) is 4.79 Å². The van der Waals surface area contributed by atoms with Crippen molar-refractivity contribution in [2.45, 2.75) is 26.9 Å². The molecule has 1 aromatic carbocycles. The fourth-order valence-electron chi connectivity index (χ4n) is 1.23. The van der Waals surface area contributed by atoms with Gasteiger partial charge in [0.15, 0.2) is 6.10 Å². The van der Waals surface area contributed by atoms with Gasteiger partial charge in [-0.25, -0.2) is 4.79 Å². The summed E-state index contributed by atoms with van der Waals surface area (Å²) in [5.74, 6) is -0.378. The van der Waals surface area contributed by atoms with Crippen LogP contribution in [0.3, 0.4) is 0 Å². The van der Waals surface area contributed by atoms with Gasteiger partial charge in [-0.15, -0.1) is 0 Å². The van der Waals surface area contributed by atoms with Crippen LogP contribution >= 0.6 is 15.9 Å². The number of carbonyl (C=O) groups is 1. The van der Waals surface area contributed by atoms with E-state index in [4.69, 9.17) is 9.84 Å². The normalized spacial score (nSPS) is 12.3. The van der Waals surface area contributed by atoms with Gasteiger partial charge in [-0.2, -0.15) is 0 Å². The highest BCUT2D eigenvalue weighted by Gasteiger charge is 2.13. The predicted molar refractivity (Wildman–Crippen MR) is 61.3 cm³/mol. The molecule has 0 saturated heterocycles. The second kappa shape index (κ2) is 4.66. The smallest absolute Gasteiger partial charge is 0.344 e. The number of carboxylic acid groups (broad SMARTS) is 1. The molecule has 0 fully saturated rings. The predicted octanol–water partition coefficient (Wildman–Crippen LogP) is 2.92. The maximum Gasteiger partial charge on any atom is 0.344 e. The summed E-state index contributed by atoms with van der Waals surface area (Å²) in [6.07, 6.45) is -0.829. The topological polar surface area (TPSA) is 46.5 Å². The summed E-state index contributed by atoms with van der Waals surface area (Å²) in [7, 11) is 0. The Balaban J connectivity index is 2.92. The minimum Gasteiger partial charge on any atom is -0.479 e. The zero-order chi connectivity index (χ0) is 11.6. The minimum absolute atomic E-state index is 0.586. The lowest BCUT2D eigenvalue weighted by atomic mass is 10.1. The zero-order valence-electron chi connectivity index (χ0n) is 8.87. The summed E-state index contributed by atoms with van der Waals surface area (Å²) in [6.45, 7) is 5.39. The number of hydrogen-bond acceptors (Lipinski definition) is 2. The summed E-state index contributed by atoms with van der Waals surface area (Å²) in [4.78, 5) is 10.6. The largest absolute Gasteiger partial charge is 0.479 e. The van der Waals surface area contributed by atoms with Crippen molar-refractivity contribution in [2.24, 2.45) is 0 Å². The van der Waals surface area contributed by atoms with Gasteiger partial charge in [0.25, 0.3) is 0 Å². The number of aliphatic carboxylic acids is 1. The van der Waals surface area contributed by atoms with Crippen LogP contribution in [0.5, 0.6) is 5.75 Å². The maximum atomic E-state index is 10.6. The molecule has 1 atom stereocenters. The molecule has 1 rings (SSSR count). The van der Waals surface area contributed by atoms with Gasteiger partial charge < -0.3 is 9.84 Å². The van der Waals surface area contributed by atoms with Crippen LogP contribution in [0.4, 0.5) is 0 Å². The average molecular weight is 273 g/mol. The Morgan fingerprint density at radius 3 is 2.27 bits per heavy atom. The molecule has 1 unspecified atom stereocenters. The molecule has 0 aliphatic carbocycles. The molecule has 82 valence electrons. The van der Waals surface area contributed by atoms with E-state index in [1.807, 2.05) is 26.0 Å². The third-order valence-corrected chi connectivity index (χ3v) is 3.32. The van der Waals surface area contributed by atoms with E-state index in [0.29, 0.717) is 5.75 Å². The first-order valence-corrected chi connectivity index (χ1v) is 5.37. The zero-order valence-corrected chi connectivity index (χ0v) is 10.5. The molecular formula is C11H13BrO3. The summed E-state index contributed by atoms with van der Waals surface area (Å²) in [6, 6.07) is 3.63. The molecule has 0 amide bonds. The highest BCUT2D eigenvalue weighted by molar-refractivity contribution is 9.10. The third kappa shape index (κ3) is 2.96. The van der Waals surface area contributed by atoms with Crippen molar-refractivity contribution in [2.75, 3.05) is 0 Å². The number of aryl methyl sites for hydroxylation is 2. The van der Waals surface area contributed by atoms with Gasteiger partial charge in [-0.3, -0.25) is 0 Å². The monoisotopic (exact) mass is 272 g/mol. The number of hydrogen-bond donors (Lipinski definition) is 1. The van der Waals surface area contributed by atoms with Crippen LogP contribution in [0, 0.1) is 13.8 Å². The standard InChI is InChI=1S/C11H13BrO3/c1-6-4-9(5-7(2)10(6)12)15-8(3)11(13)14/h4-5,8H,1-3H3,(H,13,14). The van der Waals surface area contributed by atoms with Gasteiger partial charge >= 0.3 is 5.97 Å². The first-order chi connectivity index (χ1) is 6.91. The van der Waals surface area contributed by atoms with E-state index in [1.165, 1.54) is 6.92 Å². The summed E-state index contributed by atoms with van der Waals surface area (Å²) in [5, 5.41) is 8.70. The van der Waals surface area contributed by atoms with E-state index < -0.39 is 12.1 Å². The molecule has 0 bridgehead atoms. The molecule has 0 heterocycles. The first-order valence-electron chi connectivity index (χ1n) is 4.58. The van der Waals surface area contributed by atoms with Crippen LogP contribution in [0.15, 0.2) is 16.6 Å². The molecule has 0 aliphatic heterocycles. The second-order valence-corrected chi connectivity index (χ2v) is 4.26. The molecule has 1 aromatic rings. The van der Waals surface area contributed by atoms with Crippen molar-refractivity contribution in [3.63, 3.8) is 0 Å². The van der Waals surface area contributed by atoms with Gasteiger partial charge in [0.1, 0.15) is 5.75 Å². The van der Waals surface area contributed by atoms with Gasteiger partial charge in [0.05, 0.1) is 0 Å². The van der Waals surface area contributed by atoms with Crippen molar-refractivity contribution >= 4 is 21.9 Å². The fourth-order valence-corrected chi connectivity index (χ4v) is 1.46. The molecule has 1 N–H and O–H groups in total. The Hall–Kier alpha value is -1.03. The minimum atomic E-state index is -0.965.